The molecule has 2 rings (SSSR count). The fraction of sp³-hybridized carbons (Fsp3) is 0.385. The van der Waals surface area contributed by atoms with Gasteiger partial charge in [0.2, 0.25) is 0 Å². The summed E-state index contributed by atoms with van der Waals surface area (Å²) in [4.78, 5) is 11.2. The molecular formula is C13H18N4. The van der Waals surface area contributed by atoms with Crippen molar-refractivity contribution in [1.29, 1.82) is 0 Å². The molecule has 1 aromatic heterocycles. The van der Waals surface area contributed by atoms with Crippen molar-refractivity contribution in [3.8, 4) is 0 Å². The molecule has 0 aliphatic carbocycles. The highest BCUT2D eigenvalue weighted by molar-refractivity contribution is 5.79. The molecule has 1 heterocycles. The standard InChI is InChI=1S/C13H18N4/c1-3-9-17(4-2)13-12(14)15-10-7-5-6-8-11(10)16-13/h5-8H,3-4,9H2,1-2H3,(H2,14,15). The van der Waals surface area contributed by atoms with Gasteiger partial charge >= 0.3 is 0 Å². The van der Waals surface area contributed by atoms with Crippen LogP contribution in [0.1, 0.15) is 20.3 Å². The van der Waals surface area contributed by atoms with E-state index in [4.69, 9.17) is 5.73 Å². The highest BCUT2D eigenvalue weighted by Crippen LogP contribution is 2.22. The Balaban J connectivity index is 2.49. The van der Waals surface area contributed by atoms with Crippen LogP contribution in [0.3, 0.4) is 0 Å². The molecule has 4 heteroatoms. The Labute approximate surface area is 101 Å². The number of fused-ring (bicyclic) bond motifs is 1. The quantitative estimate of drug-likeness (QED) is 0.876. The van der Waals surface area contributed by atoms with Crippen molar-refractivity contribution in [3.05, 3.63) is 24.3 Å². The first-order chi connectivity index (χ1) is 8.26. The summed E-state index contributed by atoms with van der Waals surface area (Å²) in [6.45, 7) is 6.10. The number of hydrogen-bond donors (Lipinski definition) is 1. The van der Waals surface area contributed by atoms with E-state index in [1.807, 2.05) is 24.3 Å². The van der Waals surface area contributed by atoms with Crippen molar-refractivity contribution < 1.29 is 0 Å². The predicted octanol–water partition coefficient (Wildman–Crippen LogP) is 2.45. The first-order valence-corrected chi connectivity index (χ1v) is 6.03. The molecule has 1 aromatic carbocycles. The van der Waals surface area contributed by atoms with Crippen molar-refractivity contribution in [1.82, 2.24) is 9.97 Å². The van der Waals surface area contributed by atoms with E-state index in [0.29, 0.717) is 5.82 Å². The second kappa shape index (κ2) is 4.99. The number of benzene rings is 1. The average Bonchev–Trinajstić information content (AvgIpc) is 2.35. The van der Waals surface area contributed by atoms with Gasteiger partial charge in [-0.1, -0.05) is 19.1 Å². The number of anilines is 2. The van der Waals surface area contributed by atoms with Crippen LogP contribution in [-0.2, 0) is 0 Å². The lowest BCUT2D eigenvalue weighted by atomic mass is 10.3. The molecule has 17 heavy (non-hydrogen) atoms. The number of para-hydroxylation sites is 2. The Kier molecular flexibility index (Phi) is 3.42. The maximum absolute atomic E-state index is 5.98. The molecule has 2 aromatic rings. The molecule has 0 amide bonds. The van der Waals surface area contributed by atoms with Crippen LogP contribution in [0.15, 0.2) is 24.3 Å². The minimum atomic E-state index is 0.513. The first kappa shape index (κ1) is 11.6. The van der Waals surface area contributed by atoms with E-state index < -0.39 is 0 Å². The Morgan fingerprint density at radius 1 is 1.12 bits per heavy atom. The minimum absolute atomic E-state index is 0.513. The fourth-order valence-electron chi connectivity index (χ4n) is 1.92. The average molecular weight is 230 g/mol. The summed E-state index contributed by atoms with van der Waals surface area (Å²) in [5.41, 5.74) is 7.72. The zero-order valence-corrected chi connectivity index (χ0v) is 10.3. The van der Waals surface area contributed by atoms with Crippen LogP contribution < -0.4 is 10.6 Å². The number of hydrogen-bond acceptors (Lipinski definition) is 4. The van der Waals surface area contributed by atoms with Crippen LogP contribution >= 0.6 is 0 Å². The fourth-order valence-corrected chi connectivity index (χ4v) is 1.92. The largest absolute Gasteiger partial charge is 0.381 e. The van der Waals surface area contributed by atoms with Crippen molar-refractivity contribution in [2.45, 2.75) is 20.3 Å². The number of nitrogens with two attached hydrogens (primary N) is 1. The monoisotopic (exact) mass is 230 g/mol. The van der Waals surface area contributed by atoms with E-state index in [1.165, 1.54) is 0 Å². The van der Waals surface area contributed by atoms with E-state index in [0.717, 1.165) is 36.4 Å². The zero-order chi connectivity index (χ0) is 12.3. The molecule has 0 unspecified atom stereocenters. The van der Waals surface area contributed by atoms with Gasteiger partial charge in [-0.05, 0) is 25.5 Å². The Morgan fingerprint density at radius 3 is 2.35 bits per heavy atom. The van der Waals surface area contributed by atoms with Crippen LogP contribution in [0.4, 0.5) is 11.6 Å². The molecule has 2 N–H and O–H groups in total. The van der Waals surface area contributed by atoms with Gasteiger partial charge in [-0.15, -0.1) is 0 Å². The van der Waals surface area contributed by atoms with Gasteiger partial charge in [-0.3, -0.25) is 0 Å². The maximum atomic E-state index is 5.98. The topological polar surface area (TPSA) is 55.0 Å². The van der Waals surface area contributed by atoms with Gasteiger partial charge in [-0.25, -0.2) is 9.97 Å². The summed E-state index contributed by atoms with van der Waals surface area (Å²) in [6, 6.07) is 7.80. The Morgan fingerprint density at radius 2 is 1.76 bits per heavy atom. The third-order valence-electron chi connectivity index (χ3n) is 2.75. The third-order valence-corrected chi connectivity index (χ3v) is 2.75. The summed E-state index contributed by atoms with van der Waals surface area (Å²) in [5.74, 6) is 1.31. The second-order valence-electron chi connectivity index (χ2n) is 4.00. The van der Waals surface area contributed by atoms with E-state index in [1.54, 1.807) is 0 Å². The molecule has 0 spiro atoms. The van der Waals surface area contributed by atoms with E-state index in [2.05, 4.69) is 28.7 Å². The summed E-state index contributed by atoms with van der Waals surface area (Å²) in [6.07, 6.45) is 1.07. The number of nitrogens with zero attached hydrogens (tertiary/aromatic N) is 3. The normalized spacial score (nSPS) is 10.7. The number of aromatic nitrogens is 2. The van der Waals surface area contributed by atoms with Gasteiger partial charge in [0, 0.05) is 13.1 Å². The van der Waals surface area contributed by atoms with Crippen molar-refractivity contribution in [2.24, 2.45) is 0 Å². The molecule has 0 fully saturated rings. The molecule has 0 aliphatic heterocycles. The summed E-state index contributed by atoms with van der Waals surface area (Å²) in [5, 5.41) is 0. The van der Waals surface area contributed by atoms with Gasteiger partial charge in [0.15, 0.2) is 11.6 Å². The van der Waals surface area contributed by atoms with Crippen molar-refractivity contribution in [2.75, 3.05) is 23.7 Å². The van der Waals surface area contributed by atoms with Gasteiger partial charge in [-0.2, -0.15) is 0 Å². The van der Waals surface area contributed by atoms with Gasteiger partial charge in [0.25, 0.3) is 0 Å². The van der Waals surface area contributed by atoms with E-state index >= 15 is 0 Å². The zero-order valence-electron chi connectivity index (χ0n) is 10.3. The van der Waals surface area contributed by atoms with Gasteiger partial charge in [0.05, 0.1) is 11.0 Å². The molecule has 0 bridgehead atoms. The number of nitrogen functional groups attached to an aromatic ring is 1. The van der Waals surface area contributed by atoms with Crippen LogP contribution in [0.5, 0.6) is 0 Å². The lowest BCUT2D eigenvalue weighted by molar-refractivity contribution is 0.780. The van der Waals surface area contributed by atoms with Crippen LogP contribution in [0.2, 0.25) is 0 Å². The van der Waals surface area contributed by atoms with Crippen LogP contribution in [0, 0.1) is 0 Å². The van der Waals surface area contributed by atoms with Crippen molar-refractivity contribution >= 4 is 22.7 Å². The van der Waals surface area contributed by atoms with Gasteiger partial charge in [0.1, 0.15) is 0 Å². The molecule has 0 aliphatic rings. The lowest BCUT2D eigenvalue weighted by Gasteiger charge is -2.22. The second-order valence-corrected chi connectivity index (χ2v) is 4.00. The predicted molar refractivity (Wildman–Crippen MR) is 72.1 cm³/mol. The van der Waals surface area contributed by atoms with E-state index in [9.17, 15) is 0 Å². The van der Waals surface area contributed by atoms with Crippen molar-refractivity contribution in [3.63, 3.8) is 0 Å². The van der Waals surface area contributed by atoms with Crippen LogP contribution in [0.25, 0.3) is 11.0 Å². The highest BCUT2D eigenvalue weighted by atomic mass is 15.2. The van der Waals surface area contributed by atoms with Gasteiger partial charge < -0.3 is 10.6 Å². The SMILES string of the molecule is CCCN(CC)c1nc2ccccc2nc1N. The smallest absolute Gasteiger partial charge is 0.172 e. The molecule has 0 radical (unpaired) electrons. The molecule has 0 saturated carbocycles. The Hall–Kier alpha value is -1.84. The minimum Gasteiger partial charge on any atom is -0.381 e. The summed E-state index contributed by atoms with van der Waals surface area (Å²) >= 11 is 0. The van der Waals surface area contributed by atoms with E-state index in [-0.39, 0.29) is 0 Å². The Bertz CT molecular complexity index is 510. The number of rotatable bonds is 4. The molecule has 0 saturated heterocycles. The summed E-state index contributed by atoms with van der Waals surface area (Å²) in [7, 11) is 0. The molecule has 4 nitrogen and oxygen atoms in total. The third kappa shape index (κ3) is 2.30. The lowest BCUT2D eigenvalue weighted by Crippen LogP contribution is -2.26. The molecule has 0 atom stereocenters. The maximum Gasteiger partial charge on any atom is 0.172 e. The first-order valence-electron chi connectivity index (χ1n) is 6.03. The summed E-state index contributed by atoms with van der Waals surface area (Å²) < 4.78 is 0. The highest BCUT2D eigenvalue weighted by Gasteiger charge is 2.11. The van der Waals surface area contributed by atoms with Crippen LogP contribution in [-0.4, -0.2) is 23.1 Å². The molecular weight excluding hydrogens is 212 g/mol. The molecule has 90 valence electrons.